The summed E-state index contributed by atoms with van der Waals surface area (Å²) >= 11 is 0. The van der Waals surface area contributed by atoms with E-state index in [0.717, 1.165) is 0 Å². The van der Waals surface area contributed by atoms with Crippen LogP contribution in [0, 0.1) is 40.9 Å². The Kier molecular flexibility index (Phi) is 0.691. The molecule has 0 aromatic rings. The SMILES string of the molecule is CC(=O)OC12C3C4C1C1C2C3C41C(=O)O. The molecule has 0 aromatic carbocycles. The zero-order valence-corrected chi connectivity index (χ0v) is 8.14. The normalized spacial score (nSPS) is 72.3. The number of hydrogen-bond acceptors (Lipinski definition) is 3. The van der Waals surface area contributed by atoms with Crippen LogP contribution in [0.1, 0.15) is 6.92 Å². The van der Waals surface area contributed by atoms with Crippen molar-refractivity contribution < 1.29 is 19.4 Å². The maximum absolute atomic E-state index is 11.2. The van der Waals surface area contributed by atoms with E-state index in [1.807, 2.05) is 0 Å². The Morgan fingerprint density at radius 2 is 1.53 bits per heavy atom. The van der Waals surface area contributed by atoms with E-state index in [2.05, 4.69) is 0 Å². The predicted octanol–water partition coefficient (Wildman–Crippen LogP) is 0.124. The summed E-state index contributed by atoms with van der Waals surface area (Å²) < 4.78 is 5.45. The van der Waals surface area contributed by atoms with E-state index in [1.54, 1.807) is 0 Å². The van der Waals surface area contributed by atoms with Crippen molar-refractivity contribution in [2.75, 3.05) is 0 Å². The molecule has 78 valence electrons. The third-order valence-corrected chi connectivity index (χ3v) is 6.23. The molecule has 6 aliphatic rings. The second kappa shape index (κ2) is 1.43. The molecular weight excluding hydrogens is 196 g/mol. The standard InChI is InChI=1S/C11H10O4/c1-2(12)15-11-6-3-7(11)5-8(11)4(6)10(3,5)9(13)14/h3-8H,1H3,(H,13,14). The fourth-order valence-electron chi connectivity index (χ4n) is 6.31. The van der Waals surface area contributed by atoms with Crippen molar-refractivity contribution in [3.8, 4) is 0 Å². The van der Waals surface area contributed by atoms with Gasteiger partial charge in [-0.05, 0) is 17.8 Å². The van der Waals surface area contributed by atoms with Crippen molar-refractivity contribution in [2.45, 2.75) is 12.5 Å². The first-order valence-electron chi connectivity index (χ1n) is 5.52. The minimum Gasteiger partial charge on any atom is -0.481 e. The van der Waals surface area contributed by atoms with Crippen LogP contribution in [-0.2, 0) is 14.3 Å². The number of carbonyl (C=O) groups is 2. The van der Waals surface area contributed by atoms with Gasteiger partial charge in [0.25, 0.3) is 0 Å². The van der Waals surface area contributed by atoms with Crippen LogP contribution in [0.2, 0.25) is 0 Å². The third kappa shape index (κ3) is 0.317. The van der Waals surface area contributed by atoms with Gasteiger partial charge in [0.15, 0.2) is 0 Å². The van der Waals surface area contributed by atoms with Crippen molar-refractivity contribution in [1.29, 1.82) is 0 Å². The number of ether oxygens (including phenoxy) is 1. The van der Waals surface area contributed by atoms with Crippen LogP contribution in [0.3, 0.4) is 0 Å². The molecule has 4 heteroatoms. The summed E-state index contributed by atoms with van der Waals surface area (Å²) in [5.41, 5.74) is -0.509. The van der Waals surface area contributed by atoms with Crippen molar-refractivity contribution in [3.63, 3.8) is 0 Å². The maximum Gasteiger partial charge on any atom is 0.310 e. The lowest BCUT2D eigenvalue weighted by molar-refractivity contribution is -0.645. The average Bonchev–Trinajstić information content (AvgIpc) is 2.17. The summed E-state index contributed by atoms with van der Waals surface area (Å²) in [7, 11) is 0. The van der Waals surface area contributed by atoms with Gasteiger partial charge in [0, 0.05) is 24.7 Å². The van der Waals surface area contributed by atoms with Crippen molar-refractivity contribution in [2.24, 2.45) is 40.9 Å². The van der Waals surface area contributed by atoms with E-state index in [4.69, 9.17) is 4.74 Å². The Bertz CT molecular complexity index is 412. The van der Waals surface area contributed by atoms with Gasteiger partial charge >= 0.3 is 11.9 Å². The van der Waals surface area contributed by atoms with Gasteiger partial charge in [0.2, 0.25) is 0 Å². The first kappa shape index (κ1) is 7.25. The minimum absolute atomic E-state index is 0.164. The Labute approximate surface area is 85.6 Å². The summed E-state index contributed by atoms with van der Waals surface area (Å²) in [6, 6.07) is 0. The molecule has 0 unspecified atom stereocenters. The molecule has 0 heterocycles. The van der Waals surface area contributed by atoms with E-state index in [9.17, 15) is 14.7 Å². The maximum atomic E-state index is 11.2. The predicted molar refractivity (Wildman–Crippen MR) is 45.5 cm³/mol. The molecule has 4 nitrogen and oxygen atoms in total. The lowest BCUT2D eigenvalue weighted by atomic mass is 8.95. The molecular formula is C11H10O4. The molecule has 0 atom stereocenters. The molecule has 1 N–H and O–H groups in total. The Hall–Kier alpha value is -1.06. The highest BCUT2D eigenvalue weighted by Gasteiger charge is 3.13. The van der Waals surface area contributed by atoms with Crippen LogP contribution in [0.25, 0.3) is 0 Å². The topological polar surface area (TPSA) is 63.6 Å². The molecule has 0 bridgehead atoms. The summed E-state index contributed by atoms with van der Waals surface area (Å²) in [6.45, 7) is 1.45. The number of carboxylic acids is 1. The monoisotopic (exact) mass is 206 g/mol. The lowest BCUT2D eigenvalue weighted by Crippen LogP contribution is -3.14. The molecule has 0 spiro atoms. The van der Waals surface area contributed by atoms with Crippen molar-refractivity contribution >= 4 is 11.9 Å². The minimum atomic E-state index is -0.595. The summed E-state index contributed by atoms with van der Waals surface area (Å²) in [4.78, 5) is 22.2. The largest absolute Gasteiger partial charge is 0.481 e. The quantitative estimate of drug-likeness (QED) is 0.652. The van der Waals surface area contributed by atoms with Crippen molar-refractivity contribution in [1.82, 2.24) is 0 Å². The van der Waals surface area contributed by atoms with E-state index < -0.39 is 5.97 Å². The highest BCUT2D eigenvalue weighted by atomic mass is 16.6. The number of hydrogen-bond donors (Lipinski definition) is 1. The summed E-state index contributed by atoms with van der Waals surface area (Å²) in [5.74, 6) is 1.52. The fraction of sp³-hybridized carbons (Fsp3) is 0.818. The number of esters is 1. The Morgan fingerprint density at radius 1 is 1.07 bits per heavy atom. The molecule has 6 rings (SSSR count). The van der Waals surface area contributed by atoms with Gasteiger partial charge in [-0.15, -0.1) is 0 Å². The van der Waals surface area contributed by atoms with Gasteiger partial charge in [-0.2, -0.15) is 0 Å². The zero-order chi connectivity index (χ0) is 10.3. The molecule has 0 amide bonds. The Balaban J connectivity index is 1.54. The molecule has 0 radical (unpaired) electrons. The van der Waals surface area contributed by atoms with Gasteiger partial charge in [-0.1, -0.05) is 0 Å². The fourth-order valence-corrected chi connectivity index (χ4v) is 6.31. The zero-order valence-electron chi connectivity index (χ0n) is 8.14. The second-order valence-corrected chi connectivity index (χ2v) is 5.84. The van der Waals surface area contributed by atoms with Gasteiger partial charge in [0.05, 0.1) is 5.41 Å². The van der Waals surface area contributed by atoms with E-state index in [1.165, 1.54) is 6.92 Å². The van der Waals surface area contributed by atoms with Gasteiger partial charge < -0.3 is 9.84 Å². The highest BCUT2D eigenvalue weighted by molar-refractivity contribution is 5.88. The number of aliphatic carboxylic acids is 1. The summed E-state index contributed by atoms with van der Waals surface area (Å²) in [6.07, 6.45) is 0. The molecule has 0 saturated heterocycles. The van der Waals surface area contributed by atoms with E-state index >= 15 is 0 Å². The van der Waals surface area contributed by atoms with Crippen LogP contribution < -0.4 is 0 Å². The number of rotatable bonds is 2. The number of carboxylic acid groups (broad SMARTS) is 1. The molecule has 0 aliphatic heterocycles. The highest BCUT2D eigenvalue weighted by Crippen LogP contribution is 3.07. The summed E-state index contributed by atoms with van der Waals surface area (Å²) in [5, 5.41) is 9.22. The van der Waals surface area contributed by atoms with Gasteiger partial charge in [-0.3, -0.25) is 9.59 Å². The number of carbonyl (C=O) groups excluding carboxylic acids is 1. The molecule has 6 saturated carbocycles. The van der Waals surface area contributed by atoms with Crippen LogP contribution >= 0.6 is 0 Å². The second-order valence-electron chi connectivity index (χ2n) is 5.84. The van der Waals surface area contributed by atoms with Crippen molar-refractivity contribution in [3.05, 3.63) is 0 Å². The van der Waals surface area contributed by atoms with Crippen LogP contribution in [0.5, 0.6) is 0 Å². The van der Waals surface area contributed by atoms with Gasteiger partial charge in [-0.25, -0.2) is 0 Å². The molecule has 6 aliphatic carbocycles. The van der Waals surface area contributed by atoms with Crippen LogP contribution in [0.15, 0.2) is 0 Å². The average molecular weight is 206 g/mol. The lowest BCUT2D eigenvalue weighted by Gasteiger charge is -3.08. The molecule has 15 heavy (non-hydrogen) atoms. The first-order chi connectivity index (χ1) is 7.09. The van der Waals surface area contributed by atoms with Crippen LogP contribution in [-0.4, -0.2) is 22.6 Å². The molecule has 0 aromatic heterocycles. The van der Waals surface area contributed by atoms with Crippen LogP contribution in [0.4, 0.5) is 0 Å². The smallest absolute Gasteiger partial charge is 0.310 e. The van der Waals surface area contributed by atoms with E-state index in [0.29, 0.717) is 35.5 Å². The third-order valence-electron chi connectivity index (χ3n) is 6.23. The molecule has 6 fully saturated rings. The first-order valence-corrected chi connectivity index (χ1v) is 5.52. The van der Waals surface area contributed by atoms with Gasteiger partial charge in [0.1, 0.15) is 5.60 Å². The Morgan fingerprint density at radius 3 is 1.87 bits per heavy atom. The van der Waals surface area contributed by atoms with E-state index in [-0.39, 0.29) is 17.0 Å².